The van der Waals surface area contributed by atoms with Gasteiger partial charge in [-0.15, -0.1) is 0 Å². The molecule has 1 unspecified atom stereocenters. The normalized spacial score (nSPS) is 13.8. The summed E-state index contributed by atoms with van der Waals surface area (Å²) in [5.74, 6) is 0.530. The molecule has 0 fully saturated rings. The molecule has 0 bridgehead atoms. The molecule has 0 aliphatic carbocycles. The Hall–Kier alpha value is -1.77. The standard InChI is InChI=1S/C14H14N2O2S/c1-14(2,3)19(17)16-9-12-7-11-6-10(8-15)4-5-13(11)18-12/h4-7,9H,1-3H3/b16-9-. The van der Waals surface area contributed by atoms with E-state index in [0.29, 0.717) is 16.9 Å². The lowest BCUT2D eigenvalue weighted by atomic mass is 10.2. The van der Waals surface area contributed by atoms with Crippen LogP contribution in [-0.2, 0) is 11.4 Å². The molecular weight excluding hydrogens is 260 g/mol. The number of nitriles is 1. The molecule has 1 heterocycles. The smallest absolute Gasteiger partial charge is 0.150 e. The van der Waals surface area contributed by atoms with Gasteiger partial charge >= 0.3 is 0 Å². The first-order valence-electron chi connectivity index (χ1n) is 5.80. The van der Waals surface area contributed by atoms with Crippen molar-refractivity contribution in [3.05, 3.63) is 35.6 Å². The number of fused-ring (bicyclic) bond motifs is 1. The second-order valence-electron chi connectivity index (χ2n) is 5.11. The third-order valence-electron chi connectivity index (χ3n) is 2.46. The minimum atomic E-state index is -1.31. The molecule has 0 spiro atoms. The first kappa shape index (κ1) is 13.7. The molecular formula is C14H14N2O2S. The largest absolute Gasteiger partial charge is 0.591 e. The van der Waals surface area contributed by atoms with Gasteiger partial charge in [0.05, 0.1) is 11.6 Å². The van der Waals surface area contributed by atoms with Crippen molar-refractivity contribution in [1.29, 1.82) is 5.26 Å². The van der Waals surface area contributed by atoms with E-state index < -0.39 is 16.1 Å². The van der Waals surface area contributed by atoms with E-state index >= 15 is 0 Å². The lowest BCUT2D eigenvalue weighted by molar-refractivity contribution is 0.561. The van der Waals surface area contributed by atoms with Crippen LogP contribution in [0.15, 0.2) is 33.1 Å². The second kappa shape index (κ2) is 5.08. The highest BCUT2D eigenvalue weighted by atomic mass is 32.2. The lowest BCUT2D eigenvalue weighted by Crippen LogP contribution is -2.25. The Labute approximate surface area is 115 Å². The molecule has 0 N–H and O–H groups in total. The summed E-state index contributed by atoms with van der Waals surface area (Å²) in [5.41, 5.74) is 1.26. The molecule has 1 atom stereocenters. The van der Waals surface area contributed by atoms with Crippen molar-refractivity contribution in [2.24, 2.45) is 4.40 Å². The Morgan fingerprint density at radius 1 is 1.37 bits per heavy atom. The Morgan fingerprint density at radius 3 is 2.74 bits per heavy atom. The van der Waals surface area contributed by atoms with Gasteiger partial charge in [-0.3, -0.25) is 0 Å². The van der Waals surface area contributed by atoms with Crippen LogP contribution in [0.2, 0.25) is 0 Å². The van der Waals surface area contributed by atoms with Gasteiger partial charge in [0.1, 0.15) is 27.9 Å². The number of hydrogen-bond donors (Lipinski definition) is 0. The van der Waals surface area contributed by atoms with Gasteiger partial charge in [-0.25, -0.2) is 0 Å². The monoisotopic (exact) mass is 274 g/mol. The van der Waals surface area contributed by atoms with Crippen LogP contribution >= 0.6 is 0 Å². The van der Waals surface area contributed by atoms with Crippen LogP contribution in [0.3, 0.4) is 0 Å². The number of benzene rings is 1. The van der Waals surface area contributed by atoms with E-state index in [2.05, 4.69) is 10.5 Å². The predicted molar refractivity (Wildman–Crippen MR) is 76.4 cm³/mol. The van der Waals surface area contributed by atoms with E-state index in [-0.39, 0.29) is 0 Å². The Balaban J connectivity index is 2.27. The fourth-order valence-corrected chi connectivity index (χ4v) is 1.97. The van der Waals surface area contributed by atoms with Crippen molar-refractivity contribution in [2.75, 3.05) is 0 Å². The lowest BCUT2D eigenvalue weighted by Gasteiger charge is -2.17. The summed E-state index contributed by atoms with van der Waals surface area (Å²) in [5, 5.41) is 9.66. The first-order valence-corrected chi connectivity index (χ1v) is 6.90. The van der Waals surface area contributed by atoms with Gasteiger partial charge in [-0.2, -0.15) is 5.26 Å². The van der Waals surface area contributed by atoms with Gasteiger partial charge in [-0.05, 0) is 45.0 Å². The maximum atomic E-state index is 11.8. The molecule has 0 amide bonds. The predicted octanol–water partition coefficient (Wildman–Crippen LogP) is 3.19. The van der Waals surface area contributed by atoms with E-state index in [0.717, 1.165) is 5.39 Å². The number of furan rings is 1. The second-order valence-corrected chi connectivity index (χ2v) is 7.04. The number of nitrogens with zero attached hydrogens (tertiary/aromatic N) is 2. The van der Waals surface area contributed by atoms with Crippen LogP contribution in [0.1, 0.15) is 32.1 Å². The van der Waals surface area contributed by atoms with Crippen molar-refractivity contribution in [3.63, 3.8) is 0 Å². The van der Waals surface area contributed by atoms with Gasteiger partial charge in [0.2, 0.25) is 0 Å². The van der Waals surface area contributed by atoms with Gasteiger partial charge in [0.15, 0.2) is 5.76 Å². The molecule has 0 saturated carbocycles. The molecule has 0 aliphatic heterocycles. The minimum absolute atomic E-state index is 0.392. The zero-order valence-electron chi connectivity index (χ0n) is 11.0. The van der Waals surface area contributed by atoms with Crippen molar-refractivity contribution in [1.82, 2.24) is 0 Å². The minimum Gasteiger partial charge on any atom is -0.591 e. The van der Waals surface area contributed by atoms with Crippen molar-refractivity contribution in [2.45, 2.75) is 25.5 Å². The van der Waals surface area contributed by atoms with Gasteiger partial charge in [0.25, 0.3) is 0 Å². The van der Waals surface area contributed by atoms with Crippen LogP contribution in [0.5, 0.6) is 0 Å². The maximum Gasteiger partial charge on any atom is 0.150 e. The SMILES string of the molecule is CC(C)(C)[S+]([O-])/N=C\c1cc2cc(C#N)ccc2o1. The third-order valence-corrected chi connectivity index (χ3v) is 3.81. The highest BCUT2D eigenvalue weighted by molar-refractivity contribution is 7.91. The summed E-state index contributed by atoms with van der Waals surface area (Å²) in [6, 6.07) is 9.04. The summed E-state index contributed by atoms with van der Waals surface area (Å²) in [6.07, 6.45) is 1.47. The molecule has 19 heavy (non-hydrogen) atoms. The van der Waals surface area contributed by atoms with Crippen LogP contribution in [0, 0.1) is 11.3 Å². The quantitative estimate of drug-likeness (QED) is 0.623. The average Bonchev–Trinajstić information content (AvgIpc) is 2.76. The summed E-state index contributed by atoms with van der Waals surface area (Å²) in [4.78, 5) is 0. The Morgan fingerprint density at radius 2 is 2.11 bits per heavy atom. The molecule has 2 aromatic rings. The topological polar surface area (TPSA) is 72.3 Å². The van der Waals surface area contributed by atoms with E-state index in [1.807, 2.05) is 20.8 Å². The molecule has 98 valence electrons. The summed E-state index contributed by atoms with van der Waals surface area (Å²) >= 11 is -1.31. The summed E-state index contributed by atoms with van der Waals surface area (Å²) < 4.78 is 20.9. The fourth-order valence-electron chi connectivity index (χ4n) is 1.45. The maximum absolute atomic E-state index is 11.8. The number of rotatable bonds is 2. The van der Waals surface area contributed by atoms with E-state index in [1.165, 1.54) is 6.21 Å². The van der Waals surface area contributed by atoms with Gasteiger partial charge < -0.3 is 8.97 Å². The summed E-state index contributed by atoms with van der Waals surface area (Å²) in [6.45, 7) is 5.58. The highest BCUT2D eigenvalue weighted by Crippen LogP contribution is 2.21. The first-order chi connectivity index (χ1) is 8.90. The van der Waals surface area contributed by atoms with Crippen molar-refractivity contribution >= 4 is 28.5 Å². The average molecular weight is 274 g/mol. The van der Waals surface area contributed by atoms with Crippen LogP contribution < -0.4 is 0 Å². The Kier molecular flexibility index (Phi) is 3.65. The molecule has 0 aliphatic rings. The van der Waals surface area contributed by atoms with Crippen LogP contribution in [0.4, 0.5) is 0 Å². The van der Waals surface area contributed by atoms with E-state index in [9.17, 15) is 4.55 Å². The molecule has 1 aromatic heterocycles. The molecule has 0 saturated heterocycles. The van der Waals surface area contributed by atoms with Crippen molar-refractivity contribution < 1.29 is 8.97 Å². The number of hydrogen-bond acceptors (Lipinski definition) is 4. The summed E-state index contributed by atoms with van der Waals surface area (Å²) in [7, 11) is 0. The van der Waals surface area contributed by atoms with Gasteiger partial charge in [-0.1, -0.05) is 4.40 Å². The highest BCUT2D eigenvalue weighted by Gasteiger charge is 2.25. The molecule has 4 nitrogen and oxygen atoms in total. The van der Waals surface area contributed by atoms with Gasteiger partial charge in [0, 0.05) is 5.39 Å². The zero-order chi connectivity index (χ0) is 14.0. The third kappa shape index (κ3) is 3.16. The van der Waals surface area contributed by atoms with E-state index in [4.69, 9.17) is 9.68 Å². The van der Waals surface area contributed by atoms with Crippen LogP contribution in [-0.4, -0.2) is 15.5 Å². The molecule has 1 aromatic carbocycles. The zero-order valence-corrected chi connectivity index (χ0v) is 11.8. The Bertz CT molecular complexity index is 662. The van der Waals surface area contributed by atoms with Crippen LogP contribution in [0.25, 0.3) is 11.0 Å². The fraction of sp³-hybridized carbons (Fsp3) is 0.286. The van der Waals surface area contributed by atoms with E-state index in [1.54, 1.807) is 24.3 Å². The molecule has 0 radical (unpaired) electrons. The van der Waals surface area contributed by atoms with Crippen molar-refractivity contribution in [3.8, 4) is 6.07 Å². The molecule has 2 rings (SSSR count). The molecule has 5 heteroatoms.